The predicted molar refractivity (Wildman–Crippen MR) is 76.3 cm³/mol. The molecule has 0 radical (unpaired) electrons. The van der Waals surface area contributed by atoms with Gasteiger partial charge in [-0.3, -0.25) is 4.79 Å². The molecule has 104 valence electrons. The van der Waals surface area contributed by atoms with E-state index in [2.05, 4.69) is 44.3 Å². The maximum atomic E-state index is 12.1. The van der Waals surface area contributed by atoms with Crippen molar-refractivity contribution in [1.82, 2.24) is 5.32 Å². The van der Waals surface area contributed by atoms with Crippen molar-refractivity contribution in [2.45, 2.75) is 33.1 Å². The second-order valence-electron chi connectivity index (χ2n) is 5.65. The lowest BCUT2D eigenvalue weighted by molar-refractivity contribution is -0.149. The normalized spacial score (nSPS) is 26.4. The zero-order valence-electron chi connectivity index (χ0n) is 12.2. The second kappa shape index (κ2) is 5.33. The molecule has 0 aliphatic carbocycles. The monoisotopic (exact) mass is 261 g/mol. The second-order valence-corrected chi connectivity index (χ2v) is 5.65. The fourth-order valence-corrected chi connectivity index (χ4v) is 2.81. The average Bonchev–Trinajstić information content (AvgIpc) is 2.76. The summed E-state index contributed by atoms with van der Waals surface area (Å²) in [5, 5.41) is 3.33. The first kappa shape index (κ1) is 14.1. The van der Waals surface area contributed by atoms with Gasteiger partial charge in [0.2, 0.25) is 0 Å². The summed E-state index contributed by atoms with van der Waals surface area (Å²) in [6.07, 6.45) is 0. The minimum Gasteiger partial charge on any atom is -0.466 e. The topological polar surface area (TPSA) is 38.3 Å². The molecule has 3 heteroatoms. The van der Waals surface area contributed by atoms with Crippen molar-refractivity contribution < 1.29 is 9.53 Å². The molecule has 1 saturated heterocycles. The molecule has 1 aromatic rings. The third kappa shape index (κ3) is 2.52. The van der Waals surface area contributed by atoms with Crippen LogP contribution >= 0.6 is 0 Å². The Morgan fingerprint density at radius 1 is 1.42 bits per heavy atom. The Bertz CT molecular complexity index is 484. The van der Waals surface area contributed by atoms with Gasteiger partial charge < -0.3 is 10.1 Å². The van der Waals surface area contributed by atoms with Gasteiger partial charge in [-0.25, -0.2) is 0 Å². The lowest BCUT2D eigenvalue weighted by Gasteiger charge is -2.30. The van der Waals surface area contributed by atoms with Gasteiger partial charge in [-0.2, -0.15) is 0 Å². The molecule has 1 aromatic carbocycles. The first-order chi connectivity index (χ1) is 8.99. The number of aryl methyl sites for hydroxylation is 2. The largest absolute Gasteiger partial charge is 0.466 e. The number of rotatable bonds is 3. The van der Waals surface area contributed by atoms with Crippen LogP contribution in [0.15, 0.2) is 18.2 Å². The third-order valence-electron chi connectivity index (χ3n) is 4.35. The van der Waals surface area contributed by atoms with Crippen LogP contribution < -0.4 is 5.32 Å². The molecule has 0 spiro atoms. The van der Waals surface area contributed by atoms with Crippen LogP contribution in [0.25, 0.3) is 0 Å². The Balaban J connectivity index is 2.34. The first-order valence-corrected chi connectivity index (χ1v) is 6.94. The summed E-state index contributed by atoms with van der Waals surface area (Å²) in [6.45, 7) is 10.2. The number of carbonyl (C=O) groups is 1. The molecule has 2 unspecified atom stereocenters. The van der Waals surface area contributed by atoms with E-state index in [0.29, 0.717) is 13.2 Å². The van der Waals surface area contributed by atoms with Crippen molar-refractivity contribution in [3.8, 4) is 0 Å². The van der Waals surface area contributed by atoms with E-state index >= 15 is 0 Å². The third-order valence-corrected chi connectivity index (χ3v) is 4.35. The average molecular weight is 261 g/mol. The zero-order valence-corrected chi connectivity index (χ0v) is 12.2. The zero-order chi connectivity index (χ0) is 14.0. The van der Waals surface area contributed by atoms with E-state index in [4.69, 9.17) is 4.74 Å². The van der Waals surface area contributed by atoms with Crippen molar-refractivity contribution in [3.63, 3.8) is 0 Å². The summed E-state index contributed by atoms with van der Waals surface area (Å²) in [5.41, 5.74) is 3.60. The number of ether oxygens (including phenoxy) is 1. The molecule has 1 fully saturated rings. The standard InChI is InChI=1S/C16H23NO2/c1-5-19-15(18)14-9-17-10-16(14,4)13-7-6-11(2)12(3)8-13/h6-8,14,17H,5,9-10H2,1-4H3. The summed E-state index contributed by atoms with van der Waals surface area (Å²) in [7, 11) is 0. The Morgan fingerprint density at radius 3 is 2.79 bits per heavy atom. The highest BCUT2D eigenvalue weighted by atomic mass is 16.5. The highest BCUT2D eigenvalue weighted by Gasteiger charge is 2.45. The van der Waals surface area contributed by atoms with Gasteiger partial charge in [-0.15, -0.1) is 0 Å². The molecule has 1 heterocycles. The smallest absolute Gasteiger partial charge is 0.311 e. The molecule has 0 bridgehead atoms. The van der Waals surface area contributed by atoms with Crippen LogP contribution in [0.5, 0.6) is 0 Å². The number of hydrogen-bond donors (Lipinski definition) is 1. The number of esters is 1. The summed E-state index contributed by atoms with van der Waals surface area (Å²) in [6, 6.07) is 6.48. The van der Waals surface area contributed by atoms with Gasteiger partial charge in [-0.1, -0.05) is 25.1 Å². The summed E-state index contributed by atoms with van der Waals surface area (Å²) < 4.78 is 5.22. The fraction of sp³-hybridized carbons (Fsp3) is 0.562. The highest BCUT2D eigenvalue weighted by molar-refractivity contribution is 5.75. The molecule has 3 nitrogen and oxygen atoms in total. The van der Waals surface area contributed by atoms with Crippen molar-refractivity contribution in [1.29, 1.82) is 0 Å². The molecular weight excluding hydrogens is 238 g/mol. The SMILES string of the molecule is CCOC(=O)C1CNCC1(C)c1ccc(C)c(C)c1. The van der Waals surface area contributed by atoms with Gasteiger partial charge in [0, 0.05) is 18.5 Å². The van der Waals surface area contributed by atoms with E-state index in [1.54, 1.807) is 0 Å². The van der Waals surface area contributed by atoms with Gasteiger partial charge in [0.25, 0.3) is 0 Å². The van der Waals surface area contributed by atoms with Gasteiger partial charge in [0.1, 0.15) is 0 Å². The van der Waals surface area contributed by atoms with Crippen molar-refractivity contribution in [2.24, 2.45) is 5.92 Å². The van der Waals surface area contributed by atoms with Gasteiger partial charge in [0.15, 0.2) is 0 Å². The van der Waals surface area contributed by atoms with Crippen LogP contribution in [0, 0.1) is 19.8 Å². The van der Waals surface area contributed by atoms with Crippen LogP contribution in [0.2, 0.25) is 0 Å². The maximum absolute atomic E-state index is 12.1. The maximum Gasteiger partial charge on any atom is 0.311 e. The fourth-order valence-electron chi connectivity index (χ4n) is 2.81. The Labute approximate surface area is 115 Å². The van der Waals surface area contributed by atoms with Gasteiger partial charge >= 0.3 is 5.97 Å². The molecule has 19 heavy (non-hydrogen) atoms. The number of hydrogen-bond acceptors (Lipinski definition) is 3. The lowest BCUT2D eigenvalue weighted by Crippen LogP contribution is -2.37. The minimum absolute atomic E-state index is 0.0896. The van der Waals surface area contributed by atoms with Crippen LogP contribution in [0.1, 0.15) is 30.5 Å². The van der Waals surface area contributed by atoms with Crippen LogP contribution in [0.3, 0.4) is 0 Å². The van der Waals surface area contributed by atoms with E-state index in [-0.39, 0.29) is 17.3 Å². The Kier molecular flexibility index (Phi) is 3.95. The summed E-state index contributed by atoms with van der Waals surface area (Å²) in [5.74, 6) is -0.192. The van der Waals surface area contributed by atoms with E-state index < -0.39 is 0 Å². The highest BCUT2D eigenvalue weighted by Crippen LogP contribution is 2.36. The molecular formula is C16H23NO2. The Hall–Kier alpha value is -1.35. The van der Waals surface area contributed by atoms with Gasteiger partial charge in [0.05, 0.1) is 12.5 Å². The molecule has 0 aromatic heterocycles. The molecule has 1 N–H and O–H groups in total. The summed E-state index contributed by atoms with van der Waals surface area (Å²) >= 11 is 0. The molecule has 2 rings (SSSR count). The molecule has 0 saturated carbocycles. The lowest BCUT2D eigenvalue weighted by atomic mass is 9.73. The quantitative estimate of drug-likeness (QED) is 0.849. The van der Waals surface area contributed by atoms with Crippen molar-refractivity contribution in [2.75, 3.05) is 19.7 Å². The molecule has 1 aliphatic heterocycles. The molecule has 0 amide bonds. The number of carbonyl (C=O) groups excluding carboxylic acids is 1. The number of nitrogens with one attached hydrogen (secondary N) is 1. The van der Waals surface area contributed by atoms with E-state index in [1.807, 2.05) is 6.92 Å². The molecule has 2 atom stereocenters. The van der Waals surface area contributed by atoms with Crippen LogP contribution in [-0.2, 0) is 14.9 Å². The van der Waals surface area contributed by atoms with Crippen LogP contribution in [0.4, 0.5) is 0 Å². The number of benzene rings is 1. The van der Waals surface area contributed by atoms with Crippen LogP contribution in [-0.4, -0.2) is 25.7 Å². The summed E-state index contributed by atoms with van der Waals surface area (Å²) in [4.78, 5) is 12.1. The van der Waals surface area contributed by atoms with E-state index in [0.717, 1.165) is 6.54 Å². The Morgan fingerprint density at radius 2 is 2.16 bits per heavy atom. The van der Waals surface area contributed by atoms with E-state index in [1.165, 1.54) is 16.7 Å². The minimum atomic E-state index is -0.176. The van der Waals surface area contributed by atoms with Gasteiger partial charge in [-0.05, 0) is 37.5 Å². The van der Waals surface area contributed by atoms with E-state index in [9.17, 15) is 4.79 Å². The predicted octanol–water partition coefficient (Wildman–Crippen LogP) is 2.34. The van der Waals surface area contributed by atoms with Crippen molar-refractivity contribution in [3.05, 3.63) is 34.9 Å². The first-order valence-electron chi connectivity index (χ1n) is 6.94. The van der Waals surface area contributed by atoms with Crippen molar-refractivity contribution >= 4 is 5.97 Å². The molecule has 1 aliphatic rings.